The molecule has 116 valence electrons. The van der Waals surface area contributed by atoms with Gasteiger partial charge in [-0.05, 0) is 23.8 Å². The van der Waals surface area contributed by atoms with E-state index in [9.17, 15) is 14.0 Å². The Morgan fingerprint density at radius 1 is 1.13 bits per heavy atom. The van der Waals surface area contributed by atoms with Gasteiger partial charge in [-0.3, -0.25) is 9.59 Å². The fraction of sp³-hybridized carbons (Fsp3) is 0.118. The number of carbonyl (C=O) groups excluding carboxylic acids is 1. The van der Waals surface area contributed by atoms with Gasteiger partial charge in [0.05, 0.1) is 11.6 Å². The van der Waals surface area contributed by atoms with Crippen molar-refractivity contribution in [3.63, 3.8) is 0 Å². The number of benzene rings is 2. The third-order valence-corrected chi connectivity index (χ3v) is 3.46. The predicted octanol–water partition coefficient (Wildman–Crippen LogP) is 1.85. The van der Waals surface area contributed by atoms with E-state index >= 15 is 0 Å². The number of nitrogens with one attached hydrogen (secondary N) is 1. The van der Waals surface area contributed by atoms with E-state index in [0.717, 1.165) is 15.6 Å². The largest absolute Gasteiger partial charge is 0.350 e. The number of nitrogens with zero attached hydrogens (tertiary/aromatic N) is 2. The van der Waals surface area contributed by atoms with Gasteiger partial charge in [-0.2, -0.15) is 5.10 Å². The smallest absolute Gasteiger partial charge is 0.275 e. The zero-order valence-electron chi connectivity index (χ0n) is 12.2. The summed E-state index contributed by atoms with van der Waals surface area (Å²) in [7, 11) is 0. The van der Waals surface area contributed by atoms with E-state index in [-0.39, 0.29) is 30.4 Å². The van der Waals surface area contributed by atoms with Crippen LogP contribution < -0.4 is 10.9 Å². The molecule has 0 saturated carbocycles. The zero-order valence-corrected chi connectivity index (χ0v) is 12.2. The van der Waals surface area contributed by atoms with E-state index in [2.05, 4.69) is 10.4 Å². The van der Waals surface area contributed by atoms with Gasteiger partial charge in [0.1, 0.15) is 12.4 Å². The van der Waals surface area contributed by atoms with Crippen molar-refractivity contribution < 1.29 is 9.18 Å². The molecule has 23 heavy (non-hydrogen) atoms. The van der Waals surface area contributed by atoms with Crippen LogP contribution in [0, 0.1) is 5.82 Å². The highest BCUT2D eigenvalue weighted by molar-refractivity contribution is 5.81. The highest BCUT2D eigenvalue weighted by Crippen LogP contribution is 2.06. The van der Waals surface area contributed by atoms with E-state index in [1.54, 1.807) is 36.5 Å². The second-order valence-corrected chi connectivity index (χ2v) is 5.10. The average molecular weight is 311 g/mol. The molecule has 1 aromatic heterocycles. The number of halogens is 1. The first-order valence-electron chi connectivity index (χ1n) is 7.09. The van der Waals surface area contributed by atoms with Gasteiger partial charge in [0.15, 0.2) is 0 Å². The Kier molecular flexibility index (Phi) is 4.14. The molecule has 0 radical (unpaired) electrons. The summed E-state index contributed by atoms with van der Waals surface area (Å²) in [4.78, 5) is 24.2. The topological polar surface area (TPSA) is 64.0 Å². The van der Waals surface area contributed by atoms with Crippen LogP contribution in [0.15, 0.2) is 59.5 Å². The standard InChI is InChI=1S/C17H14FN3O2/c18-14-7-5-12(6-8-14)9-19-16(22)11-21-17(23)15-4-2-1-3-13(15)10-20-21/h1-8,10H,9,11H2,(H,19,22). The molecular formula is C17H14FN3O2. The lowest BCUT2D eigenvalue weighted by Gasteiger charge is -2.07. The lowest BCUT2D eigenvalue weighted by Crippen LogP contribution is -2.33. The Hall–Kier alpha value is -3.02. The minimum absolute atomic E-state index is 0.162. The summed E-state index contributed by atoms with van der Waals surface area (Å²) < 4.78 is 13.9. The van der Waals surface area contributed by atoms with Crippen molar-refractivity contribution in [2.75, 3.05) is 0 Å². The summed E-state index contributed by atoms with van der Waals surface area (Å²) in [5.74, 6) is -0.661. The normalized spacial score (nSPS) is 10.7. The number of rotatable bonds is 4. The highest BCUT2D eigenvalue weighted by Gasteiger charge is 2.08. The molecule has 0 spiro atoms. The van der Waals surface area contributed by atoms with Crippen LogP contribution in [0.5, 0.6) is 0 Å². The first kappa shape index (κ1) is 14.9. The summed E-state index contributed by atoms with van der Waals surface area (Å²) in [6.45, 7) is 0.103. The number of carbonyl (C=O) groups is 1. The molecule has 1 N–H and O–H groups in total. The van der Waals surface area contributed by atoms with E-state index in [1.807, 2.05) is 6.07 Å². The molecule has 0 saturated heterocycles. The average Bonchev–Trinajstić information content (AvgIpc) is 2.57. The van der Waals surface area contributed by atoms with E-state index < -0.39 is 0 Å². The molecule has 6 heteroatoms. The number of hydrogen-bond acceptors (Lipinski definition) is 3. The Labute approximate surface area is 131 Å². The Bertz CT molecular complexity index is 904. The predicted molar refractivity (Wildman–Crippen MR) is 84.2 cm³/mol. The van der Waals surface area contributed by atoms with Crippen molar-refractivity contribution in [1.82, 2.24) is 15.1 Å². The summed E-state index contributed by atoms with van der Waals surface area (Å²) >= 11 is 0. The van der Waals surface area contributed by atoms with Crippen LogP contribution in [0.1, 0.15) is 5.56 Å². The lowest BCUT2D eigenvalue weighted by atomic mass is 10.2. The van der Waals surface area contributed by atoms with Gasteiger partial charge < -0.3 is 5.32 Å². The SMILES string of the molecule is O=C(Cn1ncc2ccccc2c1=O)NCc1ccc(F)cc1. The van der Waals surface area contributed by atoms with Crippen LogP contribution in [0.3, 0.4) is 0 Å². The summed E-state index contributed by atoms with van der Waals surface area (Å²) in [5.41, 5.74) is 0.471. The van der Waals surface area contributed by atoms with Gasteiger partial charge in [-0.25, -0.2) is 9.07 Å². The molecule has 1 amide bonds. The molecule has 0 aliphatic rings. The molecule has 0 aliphatic heterocycles. The molecule has 5 nitrogen and oxygen atoms in total. The fourth-order valence-corrected chi connectivity index (χ4v) is 2.24. The maximum absolute atomic E-state index is 12.8. The summed E-state index contributed by atoms with van der Waals surface area (Å²) in [6, 6.07) is 12.9. The van der Waals surface area contributed by atoms with Crippen molar-refractivity contribution in [3.05, 3.63) is 76.5 Å². The van der Waals surface area contributed by atoms with Gasteiger partial charge in [0.2, 0.25) is 5.91 Å². The maximum atomic E-state index is 12.8. The Morgan fingerprint density at radius 2 is 1.87 bits per heavy atom. The van der Waals surface area contributed by atoms with Crippen molar-refractivity contribution in [3.8, 4) is 0 Å². The molecule has 0 unspecified atom stereocenters. The summed E-state index contributed by atoms with van der Waals surface area (Å²) in [5, 5.41) is 7.95. The lowest BCUT2D eigenvalue weighted by molar-refractivity contribution is -0.122. The molecule has 2 aromatic carbocycles. The van der Waals surface area contributed by atoms with Crippen LogP contribution in [-0.2, 0) is 17.9 Å². The van der Waals surface area contributed by atoms with Gasteiger partial charge in [-0.15, -0.1) is 0 Å². The Balaban J connectivity index is 1.69. The van der Waals surface area contributed by atoms with Crippen LogP contribution in [-0.4, -0.2) is 15.7 Å². The second kappa shape index (κ2) is 6.39. The van der Waals surface area contributed by atoms with Gasteiger partial charge >= 0.3 is 0 Å². The quantitative estimate of drug-likeness (QED) is 0.800. The number of aromatic nitrogens is 2. The van der Waals surface area contributed by atoms with Crippen molar-refractivity contribution in [2.45, 2.75) is 13.1 Å². The molecule has 0 bridgehead atoms. The molecular weight excluding hydrogens is 297 g/mol. The number of fused-ring (bicyclic) bond motifs is 1. The molecule has 0 aliphatic carbocycles. The Morgan fingerprint density at radius 3 is 2.65 bits per heavy atom. The van der Waals surface area contributed by atoms with Gasteiger partial charge in [0, 0.05) is 11.9 Å². The highest BCUT2D eigenvalue weighted by atomic mass is 19.1. The maximum Gasteiger partial charge on any atom is 0.275 e. The van der Waals surface area contributed by atoms with Crippen LogP contribution in [0.25, 0.3) is 10.8 Å². The number of amides is 1. The first-order chi connectivity index (χ1) is 11.1. The minimum atomic E-state index is -0.334. The number of hydrogen-bond donors (Lipinski definition) is 1. The minimum Gasteiger partial charge on any atom is -0.350 e. The molecule has 3 aromatic rings. The van der Waals surface area contributed by atoms with E-state index in [0.29, 0.717) is 5.39 Å². The van der Waals surface area contributed by atoms with E-state index in [4.69, 9.17) is 0 Å². The first-order valence-corrected chi connectivity index (χ1v) is 7.09. The van der Waals surface area contributed by atoms with Crippen LogP contribution >= 0.6 is 0 Å². The molecule has 0 fully saturated rings. The molecule has 0 atom stereocenters. The van der Waals surface area contributed by atoms with Gasteiger partial charge in [-0.1, -0.05) is 30.3 Å². The van der Waals surface area contributed by atoms with Gasteiger partial charge in [0.25, 0.3) is 5.56 Å². The van der Waals surface area contributed by atoms with E-state index in [1.165, 1.54) is 12.1 Å². The van der Waals surface area contributed by atoms with Crippen molar-refractivity contribution >= 4 is 16.7 Å². The second-order valence-electron chi connectivity index (χ2n) is 5.10. The fourth-order valence-electron chi connectivity index (χ4n) is 2.24. The van der Waals surface area contributed by atoms with Crippen molar-refractivity contribution in [1.29, 1.82) is 0 Å². The molecule has 1 heterocycles. The molecule has 3 rings (SSSR count). The van der Waals surface area contributed by atoms with Crippen LogP contribution in [0.4, 0.5) is 4.39 Å². The van der Waals surface area contributed by atoms with Crippen molar-refractivity contribution in [2.24, 2.45) is 0 Å². The third kappa shape index (κ3) is 3.42. The monoisotopic (exact) mass is 311 g/mol. The zero-order chi connectivity index (χ0) is 16.2. The third-order valence-electron chi connectivity index (χ3n) is 3.46. The van der Waals surface area contributed by atoms with Crippen LogP contribution in [0.2, 0.25) is 0 Å². The summed E-state index contributed by atoms with van der Waals surface area (Å²) in [6.07, 6.45) is 1.56.